The summed E-state index contributed by atoms with van der Waals surface area (Å²) in [5.41, 5.74) is 0. The maximum Gasteiger partial charge on any atom is 0.306 e. The molecule has 0 aromatic heterocycles. The van der Waals surface area contributed by atoms with Crippen LogP contribution in [0.15, 0.2) is 0 Å². The normalized spacial score (nSPS) is 11.9. The summed E-state index contributed by atoms with van der Waals surface area (Å²) in [5, 5.41) is 0. The molecule has 0 amide bonds. The average Bonchev–Trinajstić information content (AvgIpc) is 3.08. The van der Waals surface area contributed by atoms with Crippen molar-refractivity contribution in [2.75, 3.05) is 13.2 Å². The van der Waals surface area contributed by atoms with E-state index in [2.05, 4.69) is 27.7 Å². The summed E-state index contributed by atoms with van der Waals surface area (Å²) in [7, 11) is 0. The second-order valence-electron chi connectivity index (χ2n) is 15.1. The minimum absolute atomic E-state index is 0.0651. The molecule has 0 aromatic rings. The Morgan fingerprint density at radius 2 is 0.673 bits per heavy atom. The molecule has 290 valence electrons. The molecule has 0 saturated heterocycles. The number of carbonyl (C=O) groups excluding carboxylic acids is 3. The van der Waals surface area contributed by atoms with Crippen molar-refractivity contribution < 1.29 is 28.6 Å². The minimum Gasteiger partial charge on any atom is -0.462 e. The molecule has 0 spiro atoms. The molecular weight excluding hydrogens is 612 g/mol. The fraction of sp³-hybridized carbons (Fsp3) is 0.930. The molecular formula is C43H82O6. The highest BCUT2D eigenvalue weighted by molar-refractivity contribution is 5.71. The summed E-state index contributed by atoms with van der Waals surface area (Å²) >= 11 is 0. The van der Waals surface area contributed by atoms with Gasteiger partial charge >= 0.3 is 17.9 Å². The lowest BCUT2D eigenvalue weighted by Crippen LogP contribution is -2.30. The van der Waals surface area contributed by atoms with Crippen LogP contribution in [0.25, 0.3) is 0 Å². The van der Waals surface area contributed by atoms with E-state index < -0.39 is 6.10 Å². The zero-order valence-corrected chi connectivity index (χ0v) is 33.1. The zero-order chi connectivity index (χ0) is 36.0. The second kappa shape index (κ2) is 37.7. The fourth-order valence-corrected chi connectivity index (χ4v) is 6.27. The number of rotatable bonds is 38. The van der Waals surface area contributed by atoms with E-state index in [-0.39, 0.29) is 31.1 Å². The quantitative estimate of drug-likeness (QED) is 0.0364. The van der Waals surface area contributed by atoms with E-state index in [1.165, 1.54) is 122 Å². The van der Waals surface area contributed by atoms with Gasteiger partial charge in [-0.15, -0.1) is 0 Å². The second-order valence-corrected chi connectivity index (χ2v) is 15.1. The van der Waals surface area contributed by atoms with Gasteiger partial charge in [0.15, 0.2) is 6.10 Å². The van der Waals surface area contributed by atoms with Crippen molar-refractivity contribution in [3.63, 3.8) is 0 Å². The van der Waals surface area contributed by atoms with Crippen LogP contribution in [-0.4, -0.2) is 37.2 Å². The van der Waals surface area contributed by atoms with Gasteiger partial charge in [0.2, 0.25) is 0 Å². The fourth-order valence-electron chi connectivity index (χ4n) is 6.27. The lowest BCUT2D eigenvalue weighted by atomic mass is 10.0. The molecule has 0 aliphatic carbocycles. The molecule has 0 bridgehead atoms. The van der Waals surface area contributed by atoms with Gasteiger partial charge in [-0.3, -0.25) is 14.4 Å². The Hall–Kier alpha value is -1.59. The Balaban J connectivity index is 4.21. The number of hydrogen-bond acceptors (Lipinski definition) is 6. The summed E-state index contributed by atoms with van der Waals surface area (Å²) in [6.07, 6.45) is 35.4. The molecule has 0 aliphatic rings. The number of carbonyl (C=O) groups is 3. The maximum absolute atomic E-state index is 12.6. The first kappa shape index (κ1) is 47.4. The third kappa shape index (κ3) is 37.5. The van der Waals surface area contributed by atoms with Crippen molar-refractivity contribution in [3.8, 4) is 0 Å². The summed E-state index contributed by atoms with van der Waals surface area (Å²) in [6.45, 7) is 8.90. The molecule has 1 atom stereocenters. The highest BCUT2D eigenvalue weighted by atomic mass is 16.6. The van der Waals surface area contributed by atoms with Gasteiger partial charge in [0.1, 0.15) is 13.2 Å². The van der Waals surface area contributed by atoms with E-state index in [1.807, 2.05) is 0 Å². The van der Waals surface area contributed by atoms with E-state index in [0.717, 1.165) is 70.1 Å². The van der Waals surface area contributed by atoms with Gasteiger partial charge in [-0.25, -0.2) is 0 Å². The summed E-state index contributed by atoms with van der Waals surface area (Å²) in [6, 6.07) is 0. The van der Waals surface area contributed by atoms with E-state index in [4.69, 9.17) is 14.2 Å². The number of ether oxygens (including phenoxy) is 3. The van der Waals surface area contributed by atoms with Crippen LogP contribution in [0.4, 0.5) is 0 Å². The van der Waals surface area contributed by atoms with Crippen molar-refractivity contribution in [2.45, 2.75) is 239 Å². The lowest BCUT2D eigenvalue weighted by Gasteiger charge is -2.18. The molecule has 6 heteroatoms. The largest absolute Gasteiger partial charge is 0.462 e. The summed E-state index contributed by atoms with van der Waals surface area (Å²) in [4.78, 5) is 37.3. The number of hydrogen-bond donors (Lipinski definition) is 0. The van der Waals surface area contributed by atoms with Gasteiger partial charge in [0, 0.05) is 19.3 Å². The van der Waals surface area contributed by atoms with Crippen LogP contribution in [0.3, 0.4) is 0 Å². The van der Waals surface area contributed by atoms with Crippen molar-refractivity contribution >= 4 is 17.9 Å². The molecule has 6 nitrogen and oxygen atoms in total. The van der Waals surface area contributed by atoms with E-state index >= 15 is 0 Å². The summed E-state index contributed by atoms with van der Waals surface area (Å²) in [5.74, 6) is -0.0402. The monoisotopic (exact) mass is 695 g/mol. The third-order valence-corrected chi connectivity index (χ3v) is 9.54. The molecule has 0 N–H and O–H groups in total. The first-order valence-corrected chi connectivity index (χ1v) is 21.4. The van der Waals surface area contributed by atoms with Crippen LogP contribution in [0.2, 0.25) is 0 Å². The van der Waals surface area contributed by atoms with Crippen molar-refractivity contribution in [3.05, 3.63) is 0 Å². The highest BCUT2D eigenvalue weighted by Gasteiger charge is 2.19. The van der Waals surface area contributed by atoms with Crippen LogP contribution in [0, 0.1) is 5.92 Å². The average molecular weight is 695 g/mol. The molecule has 0 saturated carbocycles. The summed E-state index contributed by atoms with van der Waals surface area (Å²) < 4.78 is 16.6. The molecule has 0 unspecified atom stereocenters. The molecule has 0 aliphatic heterocycles. The van der Waals surface area contributed by atoms with Gasteiger partial charge in [0.25, 0.3) is 0 Å². The highest BCUT2D eigenvalue weighted by Crippen LogP contribution is 2.16. The molecule has 0 aromatic carbocycles. The number of esters is 3. The van der Waals surface area contributed by atoms with Crippen LogP contribution >= 0.6 is 0 Å². The smallest absolute Gasteiger partial charge is 0.306 e. The Morgan fingerprint density at radius 1 is 0.388 bits per heavy atom. The van der Waals surface area contributed by atoms with Gasteiger partial charge in [-0.05, 0) is 25.2 Å². The van der Waals surface area contributed by atoms with Gasteiger partial charge < -0.3 is 14.2 Å². The Kier molecular flexibility index (Phi) is 36.4. The van der Waals surface area contributed by atoms with Crippen LogP contribution in [0.5, 0.6) is 0 Å². The topological polar surface area (TPSA) is 78.9 Å². The van der Waals surface area contributed by atoms with E-state index in [0.29, 0.717) is 19.3 Å². The molecule has 0 fully saturated rings. The van der Waals surface area contributed by atoms with Crippen molar-refractivity contribution in [1.82, 2.24) is 0 Å². The number of unbranched alkanes of at least 4 members (excludes halogenated alkanes) is 25. The van der Waals surface area contributed by atoms with E-state index in [1.54, 1.807) is 0 Å². The Bertz CT molecular complexity index is 736. The maximum atomic E-state index is 12.6. The standard InChI is InChI=1S/C43H82O6/c1-5-7-9-11-12-13-16-20-23-27-31-35-42(45)48-38-40(37-47-41(44)34-30-25-10-8-6-2)49-43(46)36-32-28-24-21-18-15-14-17-19-22-26-29-33-39(3)4/h39-40H,5-38H2,1-4H3/t40-/m0/s1. The van der Waals surface area contributed by atoms with Crippen LogP contribution in [0.1, 0.15) is 233 Å². The Labute approximate surface area is 304 Å². The lowest BCUT2D eigenvalue weighted by molar-refractivity contribution is -0.167. The van der Waals surface area contributed by atoms with Crippen molar-refractivity contribution in [1.29, 1.82) is 0 Å². The SMILES string of the molecule is CCCCCCCCCCCCCC(=O)OC[C@H](COC(=O)CCCCCCC)OC(=O)CCCCCCCCCCCCCCC(C)C. The molecule has 49 heavy (non-hydrogen) atoms. The molecule has 0 heterocycles. The van der Waals surface area contributed by atoms with Gasteiger partial charge in [-0.1, -0.05) is 195 Å². The Morgan fingerprint density at radius 3 is 1.00 bits per heavy atom. The van der Waals surface area contributed by atoms with E-state index in [9.17, 15) is 14.4 Å². The molecule has 0 rings (SSSR count). The predicted molar refractivity (Wildman–Crippen MR) is 206 cm³/mol. The predicted octanol–water partition coefficient (Wildman–Crippen LogP) is 13.2. The zero-order valence-electron chi connectivity index (χ0n) is 33.1. The third-order valence-electron chi connectivity index (χ3n) is 9.54. The van der Waals surface area contributed by atoms with Crippen molar-refractivity contribution in [2.24, 2.45) is 5.92 Å². The van der Waals surface area contributed by atoms with Gasteiger partial charge in [-0.2, -0.15) is 0 Å². The van der Waals surface area contributed by atoms with Crippen LogP contribution < -0.4 is 0 Å². The molecule has 0 radical (unpaired) electrons. The first-order valence-electron chi connectivity index (χ1n) is 21.4. The minimum atomic E-state index is -0.756. The van der Waals surface area contributed by atoms with Gasteiger partial charge in [0.05, 0.1) is 0 Å². The van der Waals surface area contributed by atoms with Crippen LogP contribution in [-0.2, 0) is 28.6 Å². The first-order chi connectivity index (χ1) is 23.9.